The topological polar surface area (TPSA) is 92.0 Å². The van der Waals surface area contributed by atoms with Crippen molar-refractivity contribution in [1.82, 2.24) is 14.8 Å². The monoisotopic (exact) mass is 199 g/mol. The molecule has 0 aliphatic heterocycles. The van der Waals surface area contributed by atoms with Crippen LogP contribution >= 0.6 is 0 Å². The van der Waals surface area contributed by atoms with Crippen LogP contribution in [0.25, 0.3) is 0 Å². The van der Waals surface area contributed by atoms with Crippen molar-refractivity contribution in [2.24, 2.45) is 12.8 Å². The van der Waals surface area contributed by atoms with Crippen LogP contribution in [0.4, 0.5) is 5.95 Å². The summed E-state index contributed by atoms with van der Waals surface area (Å²) in [6.45, 7) is 0.704. The van der Waals surface area contributed by atoms with Gasteiger partial charge in [-0.15, -0.1) is 0 Å². The Kier molecular flexibility index (Phi) is 3.84. The number of nitrogens with two attached hydrogens (primary N) is 2. The van der Waals surface area contributed by atoms with Gasteiger partial charge in [0, 0.05) is 20.8 Å². The highest BCUT2D eigenvalue weighted by atomic mass is 16.5. The van der Waals surface area contributed by atoms with Crippen molar-refractivity contribution in [1.29, 1.82) is 0 Å². The van der Waals surface area contributed by atoms with Gasteiger partial charge in [-0.3, -0.25) is 0 Å². The van der Waals surface area contributed by atoms with Crippen LogP contribution < -0.4 is 11.5 Å². The molecule has 0 radical (unpaired) electrons. The summed E-state index contributed by atoms with van der Waals surface area (Å²) in [5.74, 6) is 0.989. The number of nitrogens with zero attached hydrogens (tertiary/aromatic N) is 3. The zero-order valence-corrected chi connectivity index (χ0v) is 8.60. The first kappa shape index (κ1) is 10.9. The van der Waals surface area contributed by atoms with Crippen molar-refractivity contribution in [2.45, 2.75) is 18.9 Å². The number of aromatic nitrogens is 3. The molecule has 0 aliphatic rings. The molecule has 0 amide bonds. The fourth-order valence-electron chi connectivity index (χ4n) is 1.15. The molecule has 1 rings (SSSR count). The van der Waals surface area contributed by atoms with E-state index in [4.69, 9.17) is 16.2 Å². The molecule has 1 aromatic heterocycles. The molecule has 6 heteroatoms. The average Bonchev–Trinajstić information content (AvgIpc) is 2.47. The molecule has 0 saturated heterocycles. The number of rotatable bonds is 5. The Bertz CT molecular complexity index is 266. The van der Waals surface area contributed by atoms with E-state index >= 15 is 0 Å². The summed E-state index contributed by atoms with van der Waals surface area (Å²) in [5.41, 5.74) is 11.4. The first-order valence-electron chi connectivity index (χ1n) is 4.56. The van der Waals surface area contributed by atoms with Crippen LogP contribution in [0.1, 0.15) is 24.7 Å². The van der Waals surface area contributed by atoms with E-state index in [2.05, 4.69) is 10.1 Å². The lowest BCUT2D eigenvalue weighted by Crippen LogP contribution is -2.13. The van der Waals surface area contributed by atoms with Gasteiger partial charge in [0.15, 0.2) is 5.82 Å². The second-order valence-corrected chi connectivity index (χ2v) is 3.19. The number of anilines is 1. The maximum atomic E-state index is 5.87. The highest BCUT2D eigenvalue weighted by Crippen LogP contribution is 2.12. The van der Waals surface area contributed by atoms with Crippen LogP contribution in [0.3, 0.4) is 0 Å². The van der Waals surface area contributed by atoms with Crippen LogP contribution in [0.15, 0.2) is 0 Å². The number of ether oxygens (including phenoxy) is 1. The normalized spacial score (nSPS) is 13.1. The van der Waals surface area contributed by atoms with E-state index in [-0.39, 0.29) is 6.04 Å². The Labute approximate surface area is 83.2 Å². The molecule has 0 aliphatic carbocycles. The number of hydrogen-bond acceptors (Lipinski definition) is 5. The molecule has 1 heterocycles. The minimum absolute atomic E-state index is 0.159. The van der Waals surface area contributed by atoms with Crippen LogP contribution in [0.2, 0.25) is 0 Å². The van der Waals surface area contributed by atoms with E-state index < -0.39 is 0 Å². The highest BCUT2D eigenvalue weighted by Gasteiger charge is 2.12. The Morgan fingerprint density at radius 3 is 2.79 bits per heavy atom. The molecule has 0 aromatic carbocycles. The lowest BCUT2D eigenvalue weighted by molar-refractivity contribution is 0.190. The largest absolute Gasteiger partial charge is 0.385 e. The van der Waals surface area contributed by atoms with Crippen LogP contribution in [0, 0.1) is 0 Å². The van der Waals surface area contributed by atoms with E-state index in [1.807, 2.05) is 0 Å². The highest BCUT2D eigenvalue weighted by molar-refractivity contribution is 5.16. The van der Waals surface area contributed by atoms with Gasteiger partial charge in [-0.25, -0.2) is 4.68 Å². The molecular weight excluding hydrogens is 182 g/mol. The average molecular weight is 199 g/mol. The molecule has 0 saturated carbocycles. The van der Waals surface area contributed by atoms with E-state index in [1.165, 1.54) is 4.68 Å². The van der Waals surface area contributed by atoms with E-state index in [0.717, 1.165) is 12.8 Å². The van der Waals surface area contributed by atoms with Gasteiger partial charge in [-0.05, 0) is 12.8 Å². The van der Waals surface area contributed by atoms with Crippen molar-refractivity contribution in [3.63, 3.8) is 0 Å². The molecule has 0 bridgehead atoms. The Morgan fingerprint density at radius 2 is 2.29 bits per heavy atom. The summed E-state index contributed by atoms with van der Waals surface area (Å²) in [6.07, 6.45) is 1.70. The van der Waals surface area contributed by atoms with Gasteiger partial charge < -0.3 is 16.2 Å². The van der Waals surface area contributed by atoms with Crippen LogP contribution in [-0.2, 0) is 11.8 Å². The van der Waals surface area contributed by atoms with E-state index in [0.29, 0.717) is 18.4 Å². The summed E-state index contributed by atoms with van der Waals surface area (Å²) < 4.78 is 6.45. The summed E-state index contributed by atoms with van der Waals surface area (Å²) in [7, 11) is 3.41. The minimum atomic E-state index is -0.159. The van der Waals surface area contributed by atoms with Crippen molar-refractivity contribution in [2.75, 3.05) is 19.5 Å². The number of methoxy groups -OCH3 is 1. The predicted octanol–water partition coefficient (Wildman–Crippen LogP) is -0.176. The van der Waals surface area contributed by atoms with Gasteiger partial charge in [0.2, 0.25) is 5.95 Å². The smallest absolute Gasteiger partial charge is 0.218 e. The SMILES string of the molecule is COCCCC(N)c1nc(N)n(C)n1. The number of hydrogen-bond donors (Lipinski definition) is 2. The molecule has 1 aromatic rings. The quantitative estimate of drug-likeness (QED) is 0.642. The second-order valence-electron chi connectivity index (χ2n) is 3.19. The van der Waals surface area contributed by atoms with Crippen molar-refractivity contribution >= 4 is 5.95 Å². The maximum Gasteiger partial charge on any atom is 0.218 e. The fourth-order valence-corrected chi connectivity index (χ4v) is 1.15. The predicted molar refractivity (Wildman–Crippen MR) is 53.5 cm³/mol. The molecule has 0 fully saturated rings. The van der Waals surface area contributed by atoms with Gasteiger partial charge in [-0.2, -0.15) is 10.1 Å². The van der Waals surface area contributed by atoms with Gasteiger partial charge in [-0.1, -0.05) is 0 Å². The lowest BCUT2D eigenvalue weighted by Gasteiger charge is -2.05. The van der Waals surface area contributed by atoms with Crippen LogP contribution in [-0.4, -0.2) is 28.5 Å². The first-order valence-corrected chi connectivity index (χ1v) is 4.56. The van der Waals surface area contributed by atoms with E-state index in [9.17, 15) is 0 Å². The third-order valence-corrected chi connectivity index (χ3v) is 2.01. The van der Waals surface area contributed by atoms with Crippen LogP contribution in [0.5, 0.6) is 0 Å². The van der Waals surface area contributed by atoms with Crippen molar-refractivity contribution in [3.8, 4) is 0 Å². The standard InChI is InChI=1S/C8H17N5O/c1-13-8(10)11-7(12-13)6(9)4-3-5-14-2/h6H,3-5,9H2,1-2H3,(H2,10,11,12). The van der Waals surface area contributed by atoms with Crippen molar-refractivity contribution in [3.05, 3.63) is 5.82 Å². The van der Waals surface area contributed by atoms with Gasteiger partial charge >= 0.3 is 0 Å². The lowest BCUT2D eigenvalue weighted by atomic mass is 10.1. The molecule has 80 valence electrons. The van der Waals surface area contributed by atoms with Gasteiger partial charge in [0.1, 0.15) is 0 Å². The molecule has 4 N–H and O–H groups in total. The first-order chi connectivity index (χ1) is 6.65. The third-order valence-electron chi connectivity index (χ3n) is 2.01. The summed E-state index contributed by atoms with van der Waals surface area (Å²) in [5, 5.41) is 4.10. The molecular formula is C8H17N5O. The molecule has 1 atom stereocenters. The molecule has 6 nitrogen and oxygen atoms in total. The number of nitrogen functional groups attached to an aromatic ring is 1. The molecule has 0 spiro atoms. The summed E-state index contributed by atoms with van der Waals surface area (Å²) in [4.78, 5) is 4.05. The van der Waals surface area contributed by atoms with Crippen molar-refractivity contribution < 1.29 is 4.74 Å². The minimum Gasteiger partial charge on any atom is -0.385 e. The van der Waals surface area contributed by atoms with Gasteiger partial charge in [0.05, 0.1) is 6.04 Å². The zero-order valence-electron chi connectivity index (χ0n) is 8.60. The maximum absolute atomic E-state index is 5.87. The van der Waals surface area contributed by atoms with E-state index in [1.54, 1.807) is 14.2 Å². The number of aryl methyl sites for hydroxylation is 1. The zero-order chi connectivity index (χ0) is 10.6. The summed E-state index contributed by atoms with van der Waals surface area (Å²) in [6, 6.07) is -0.159. The fraction of sp³-hybridized carbons (Fsp3) is 0.750. The Balaban J connectivity index is 2.47. The Hall–Kier alpha value is -1.14. The molecule has 14 heavy (non-hydrogen) atoms. The second kappa shape index (κ2) is 4.92. The summed E-state index contributed by atoms with van der Waals surface area (Å²) >= 11 is 0. The third kappa shape index (κ3) is 2.68. The Morgan fingerprint density at radius 1 is 1.57 bits per heavy atom. The molecule has 1 unspecified atom stereocenters. The van der Waals surface area contributed by atoms with Gasteiger partial charge in [0.25, 0.3) is 0 Å².